The highest BCUT2D eigenvalue weighted by Gasteiger charge is 2.48. The van der Waals surface area contributed by atoms with Crippen molar-refractivity contribution in [2.24, 2.45) is 0 Å². The van der Waals surface area contributed by atoms with Crippen LogP contribution in [0.15, 0.2) is 0 Å². The molecule has 8 nitrogen and oxygen atoms in total. The fourth-order valence-corrected chi connectivity index (χ4v) is 2.28. The first-order valence-electron chi connectivity index (χ1n) is 6.56. The molecule has 1 heterocycles. The third kappa shape index (κ3) is 4.68. The molecule has 1 saturated heterocycles. The summed E-state index contributed by atoms with van der Waals surface area (Å²) in [5.74, 6) is -1.43. The Labute approximate surface area is 123 Å². The van der Waals surface area contributed by atoms with Crippen molar-refractivity contribution in [3.63, 3.8) is 0 Å². The Morgan fingerprint density at radius 3 is 1.95 bits per heavy atom. The molecule has 0 aromatic heterocycles. The second-order valence-electron chi connectivity index (χ2n) is 4.82. The molecule has 1 aliphatic heterocycles. The summed E-state index contributed by atoms with van der Waals surface area (Å²) in [6.07, 6.45) is -3.12. The van der Waals surface area contributed by atoms with Gasteiger partial charge in [0, 0.05) is 27.9 Å². The van der Waals surface area contributed by atoms with E-state index in [4.69, 9.17) is 18.9 Å². The number of nitrogens with one attached hydrogen (secondary N) is 1. The Morgan fingerprint density at radius 2 is 1.52 bits per heavy atom. The van der Waals surface area contributed by atoms with Crippen molar-refractivity contribution in [3.8, 4) is 0 Å². The quantitative estimate of drug-likeness (QED) is 0.714. The van der Waals surface area contributed by atoms with Crippen LogP contribution in [0.25, 0.3) is 0 Å². The summed E-state index contributed by atoms with van der Waals surface area (Å²) in [6.45, 7) is 5.48. The van der Waals surface area contributed by atoms with Gasteiger partial charge in [-0.05, 0) is 6.92 Å². The summed E-state index contributed by atoms with van der Waals surface area (Å²) in [4.78, 5) is 33.9. The Hall–Kier alpha value is -1.67. The number of methoxy groups -OCH3 is 1. The third-order valence-electron chi connectivity index (χ3n) is 2.99. The highest BCUT2D eigenvalue weighted by Crippen LogP contribution is 2.26. The fraction of sp³-hybridized carbons (Fsp3) is 0.769. The lowest BCUT2D eigenvalue weighted by Crippen LogP contribution is -2.65. The molecule has 0 aromatic carbocycles. The molecule has 120 valence electrons. The fourth-order valence-electron chi connectivity index (χ4n) is 2.28. The van der Waals surface area contributed by atoms with E-state index in [9.17, 15) is 14.4 Å². The molecule has 8 heteroatoms. The molecule has 1 N–H and O–H groups in total. The summed E-state index contributed by atoms with van der Waals surface area (Å²) in [5.41, 5.74) is 0. The van der Waals surface area contributed by atoms with Gasteiger partial charge in [0.15, 0.2) is 18.5 Å². The normalized spacial score (nSPS) is 32.1. The van der Waals surface area contributed by atoms with Crippen molar-refractivity contribution in [3.05, 3.63) is 0 Å². The van der Waals surface area contributed by atoms with Crippen molar-refractivity contribution < 1.29 is 33.3 Å². The van der Waals surface area contributed by atoms with Crippen LogP contribution in [-0.2, 0) is 33.3 Å². The first kappa shape index (κ1) is 17.4. The van der Waals surface area contributed by atoms with Gasteiger partial charge in [0.1, 0.15) is 6.04 Å². The van der Waals surface area contributed by atoms with E-state index in [1.807, 2.05) is 0 Å². The summed E-state index contributed by atoms with van der Waals surface area (Å²) in [5, 5.41) is 2.63. The van der Waals surface area contributed by atoms with Crippen LogP contribution in [0, 0.1) is 0 Å². The molecule has 0 spiro atoms. The molecule has 1 rings (SSSR count). The number of carbonyl (C=O) groups excluding carboxylic acids is 3. The van der Waals surface area contributed by atoms with Crippen LogP contribution in [0.3, 0.4) is 0 Å². The molecule has 1 aliphatic rings. The van der Waals surface area contributed by atoms with E-state index in [1.54, 1.807) is 6.92 Å². The van der Waals surface area contributed by atoms with Gasteiger partial charge in [0.05, 0.1) is 6.10 Å². The average molecular weight is 303 g/mol. The van der Waals surface area contributed by atoms with Crippen molar-refractivity contribution in [1.82, 2.24) is 5.32 Å². The molecule has 0 aliphatic carbocycles. The molecular weight excluding hydrogens is 282 g/mol. The molecule has 0 radical (unpaired) electrons. The van der Waals surface area contributed by atoms with E-state index < -0.39 is 42.6 Å². The molecule has 0 saturated carbocycles. The van der Waals surface area contributed by atoms with E-state index >= 15 is 0 Å². The number of hydrogen-bond acceptors (Lipinski definition) is 7. The summed E-state index contributed by atoms with van der Waals surface area (Å²) >= 11 is 0. The van der Waals surface area contributed by atoms with Gasteiger partial charge in [-0.2, -0.15) is 0 Å². The number of hydrogen-bond donors (Lipinski definition) is 1. The van der Waals surface area contributed by atoms with Crippen LogP contribution in [0.4, 0.5) is 0 Å². The van der Waals surface area contributed by atoms with Crippen LogP contribution in [0.2, 0.25) is 0 Å². The molecule has 0 unspecified atom stereocenters. The van der Waals surface area contributed by atoms with Crippen molar-refractivity contribution in [2.45, 2.75) is 58.3 Å². The number of ether oxygens (including phenoxy) is 4. The monoisotopic (exact) mass is 303 g/mol. The Balaban J connectivity index is 3.08. The zero-order valence-corrected chi connectivity index (χ0v) is 12.7. The predicted molar refractivity (Wildman–Crippen MR) is 70.1 cm³/mol. The number of rotatable bonds is 4. The lowest BCUT2D eigenvalue weighted by Gasteiger charge is -2.43. The molecule has 21 heavy (non-hydrogen) atoms. The first-order chi connectivity index (χ1) is 9.76. The summed E-state index contributed by atoms with van der Waals surface area (Å²) in [6, 6.07) is -0.760. The topological polar surface area (TPSA) is 100 Å². The minimum atomic E-state index is -0.919. The number of amides is 1. The smallest absolute Gasteiger partial charge is 0.303 e. The van der Waals surface area contributed by atoms with Crippen LogP contribution >= 0.6 is 0 Å². The van der Waals surface area contributed by atoms with Gasteiger partial charge in [0.25, 0.3) is 0 Å². The second-order valence-corrected chi connectivity index (χ2v) is 4.82. The van der Waals surface area contributed by atoms with E-state index in [-0.39, 0.29) is 5.91 Å². The Kier molecular flexibility index (Phi) is 6.10. The van der Waals surface area contributed by atoms with Gasteiger partial charge < -0.3 is 24.3 Å². The predicted octanol–water partition coefficient (Wildman–Crippen LogP) is -0.254. The van der Waals surface area contributed by atoms with E-state index in [2.05, 4.69) is 5.32 Å². The Bertz CT molecular complexity index is 411. The molecule has 0 aromatic rings. The zero-order chi connectivity index (χ0) is 16.2. The highest BCUT2D eigenvalue weighted by molar-refractivity contribution is 5.74. The molecule has 0 bridgehead atoms. The summed E-state index contributed by atoms with van der Waals surface area (Å²) < 4.78 is 21.1. The maximum absolute atomic E-state index is 11.4. The van der Waals surface area contributed by atoms with Gasteiger partial charge in [-0.1, -0.05) is 0 Å². The minimum Gasteiger partial charge on any atom is -0.457 e. The van der Waals surface area contributed by atoms with Crippen LogP contribution in [-0.4, -0.2) is 55.6 Å². The van der Waals surface area contributed by atoms with Crippen LogP contribution < -0.4 is 5.32 Å². The molecule has 5 atom stereocenters. The van der Waals surface area contributed by atoms with Gasteiger partial charge in [0.2, 0.25) is 5.91 Å². The largest absolute Gasteiger partial charge is 0.457 e. The van der Waals surface area contributed by atoms with Crippen LogP contribution in [0.1, 0.15) is 27.7 Å². The number of esters is 2. The third-order valence-corrected chi connectivity index (χ3v) is 2.99. The standard InChI is InChI=1S/C13H21NO7/c1-6-11(20-8(3)16)10(14-7(2)15)12(21-9(4)17)13(18-5)19-6/h6,10-13H,1-5H3,(H,14,15)/t6-,10-,11-,12-,13+/m1/s1. The van der Waals surface area contributed by atoms with E-state index in [0.717, 1.165) is 0 Å². The highest BCUT2D eigenvalue weighted by atomic mass is 16.7. The maximum atomic E-state index is 11.4. The van der Waals surface area contributed by atoms with Gasteiger partial charge >= 0.3 is 11.9 Å². The summed E-state index contributed by atoms with van der Waals surface area (Å²) in [7, 11) is 1.39. The van der Waals surface area contributed by atoms with Gasteiger partial charge in [-0.15, -0.1) is 0 Å². The minimum absolute atomic E-state index is 0.349. The van der Waals surface area contributed by atoms with E-state index in [1.165, 1.54) is 27.9 Å². The average Bonchev–Trinajstić information content (AvgIpc) is 2.35. The SMILES string of the molecule is CO[C@H]1O[C@H](C)[C@@H](OC(C)=O)[C@@H](NC(C)=O)[C@H]1OC(C)=O. The van der Waals surface area contributed by atoms with Crippen molar-refractivity contribution in [2.75, 3.05) is 7.11 Å². The van der Waals surface area contributed by atoms with Gasteiger partial charge in [-0.25, -0.2) is 0 Å². The Morgan fingerprint density at radius 1 is 1.00 bits per heavy atom. The molecule has 1 amide bonds. The lowest BCUT2D eigenvalue weighted by molar-refractivity contribution is -0.270. The maximum Gasteiger partial charge on any atom is 0.303 e. The molecule has 1 fully saturated rings. The first-order valence-corrected chi connectivity index (χ1v) is 6.56. The van der Waals surface area contributed by atoms with Crippen molar-refractivity contribution >= 4 is 17.8 Å². The number of carbonyl (C=O) groups is 3. The molecular formula is C13H21NO7. The van der Waals surface area contributed by atoms with E-state index in [0.29, 0.717) is 0 Å². The van der Waals surface area contributed by atoms with Gasteiger partial charge in [-0.3, -0.25) is 14.4 Å². The second kappa shape index (κ2) is 7.37. The zero-order valence-electron chi connectivity index (χ0n) is 12.7. The lowest BCUT2D eigenvalue weighted by atomic mass is 9.96. The van der Waals surface area contributed by atoms with Crippen molar-refractivity contribution in [1.29, 1.82) is 0 Å². The van der Waals surface area contributed by atoms with Crippen LogP contribution in [0.5, 0.6) is 0 Å².